The summed E-state index contributed by atoms with van der Waals surface area (Å²) in [7, 11) is -2.81. The first-order valence-electron chi connectivity index (χ1n) is 26.4. The minimum absolute atomic E-state index is 0.485. The molecule has 0 spiro atoms. The van der Waals surface area contributed by atoms with Crippen LogP contribution in [-0.4, -0.2) is 17.2 Å². The van der Waals surface area contributed by atoms with Crippen LogP contribution in [0, 0.1) is 0 Å². The van der Waals surface area contributed by atoms with E-state index in [9.17, 15) is 0 Å². The minimum atomic E-state index is -2.81. The second-order valence-electron chi connectivity index (χ2n) is 20.3. The highest BCUT2D eigenvalue weighted by Crippen LogP contribution is 2.57. The van der Waals surface area contributed by atoms with Crippen molar-refractivity contribution in [2.45, 2.75) is 5.41 Å². The molecular weight excluding hydrogens is 933 g/mol. The van der Waals surface area contributed by atoms with Crippen LogP contribution in [0.5, 0.6) is 0 Å². The van der Waals surface area contributed by atoms with E-state index in [0.717, 1.165) is 11.4 Å². The zero-order chi connectivity index (χ0) is 50.2. The average Bonchev–Trinajstić information content (AvgIpc) is 4.18. The number of para-hydroxylation sites is 2. The summed E-state index contributed by atoms with van der Waals surface area (Å²) in [5, 5.41) is 10.3. The molecule has 2 heterocycles. The van der Waals surface area contributed by atoms with Crippen LogP contribution in [-0.2, 0) is 5.41 Å². The minimum Gasteiger partial charge on any atom is -0.309 e. The van der Waals surface area contributed by atoms with Crippen LogP contribution in [0.4, 0.5) is 0 Å². The van der Waals surface area contributed by atoms with Crippen molar-refractivity contribution in [3.8, 4) is 33.6 Å². The number of rotatable bonds is 9. The highest BCUT2D eigenvalue weighted by Gasteiger charge is 2.46. The lowest BCUT2D eigenvalue weighted by Gasteiger charge is -2.34. The SMILES string of the molecule is c1ccc(C2(c3ccccc3)c3ccccc3-c3ccc(-c4ccc5c6ccccc6n(-c6cccc7c6c6ccccc6n7-c6cccc([Si](c7ccccc7)(c7ccccc7)c7ccccc7)c6)c5c4)cc32)cc1. The Morgan fingerprint density at radius 3 is 1.41 bits per heavy atom. The summed E-state index contributed by atoms with van der Waals surface area (Å²) in [5.41, 5.74) is 16.6. The van der Waals surface area contributed by atoms with Gasteiger partial charge < -0.3 is 9.13 Å². The monoisotopic (exact) mass is 982 g/mol. The summed E-state index contributed by atoms with van der Waals surface area (Å²) in [5.74, 6) is 0. The van der Waals surface area contributed by atoms with Crippen LogP contribution >= 0.6 is 0 Å². The van der Waals surface area contributed by atoms with Gasteiger partial charge in [-0.3, -0.25) is 0 Å². The van der Waals surface area contributed by atoms with E-state index in [4.69, 9.17) is 0 Å². The van der Waals surface area contributed by atoms with Crippen molar-refractivity contribution in [2.24, 2.45) is 0 Å². The number of hydrogen-bond acceptors (Lipinski definition) is 0. The first kappa shape index (κ1) is 44.0. The number of nitrogens with zero attached hydrogens (tertiary/aromatic N) is 2. The second-order valence-corrected chi connectivity index (χ2v) is 24.1. The van der Waals surface area contributed by atoms with E-state index in [1.807, 2.05) is 0 Å². The molecule has 3 heteroatoms. The van der Waals surface area contributed by atoms with E-state index in [1.54, 1.807) is 0 Å². The molecule has 14 aromatic rings. The molecule has 2 nitrogen and oxygen atoms in total. The summed E-state index contributed by atoms with van der Waals surface area (Å²) < 4.78 is 5.04. The molecule has 0 saturated heterocycles. The van der Waals surface area contributed by atoms with Gasteiger partial charge in [0, 0.05) is 27.2 Å². The van der Waals surface area contributed by atoms with Gasteiger partial charge in [-0.05, 0) is 114 Å². The Labute approximate surface area is 443 Å². The van der Waals surface area contributed by atoms with Gasteiger partial charge >= 0.3 is 0 Å². The van der Waals surface area contributed by atoms with Gasteiger partial charge in [0.25, 0.3) is 0 Å². The average molecular weight is 983 g/mol. The predicted octanol–water partition coefficient (Wildman–Crippen LogP) is 15.3. The molecule has 0 N–H and O–H groups in total. The van der Waals surface area contributed by atoms with E-state index in [1.165, 1.54) is 109 Å². The predicted molar refractivity (Wildman–Crippen MR) is 321 cm³/mol. The standard InChI is InChI=1S/C73H50N2Si/c1-6-24-53(25-7-1)73(54-26-8-2-9-27-54)65-39-19-16-36-60(65)61-46-44-51(48-66(61)73)52-45-47-63-62-37-17-20-40-67(62)75(71(63)49-52)70-43-23-42-69-72(70)64-38-18-21-41-68(64)74(69)55-28-22-35-59(50-55)76(56-29-10-3-11-30-56,57-31-12-4-13-32-57)58-33-14-5-15-34-58/h1-50H. The molecule has 1 aliphatic carbocycles. The first-order chi connectivity index (χ1) is 37.7. The highest BCUT2D eigenvalue weighted by molar-refractivity contribution is 7.19. The molecule has 356 valence electrons. The van der Waals surface area contributed by atoms with Gasteiger partial charge in [-0.1, -0.05) is 255 Å². The lowest BCUT2D eigenvalue weighted by molar-refractivity contribution is 0.769. The molecule has 0 unspecified atom stereocenters. The lowest BCUT2D eigenvalue weighted by atomic mass is 9.67. The van der Waals surface area contributed by atoms with Crippen molar-refractivity contribution in [2.75, 3.05) is 0 Å². The third-order valence-electron chi connectivity index (χ3n) is 16.5. The Balaban J connectivity index is 0.946. The molecule has 0 saturated carbocycles. The quantitative estimate of drug-likeness (QED) is 0.101. The lowest BCUT2D eigenvalue weighted by Crippen LogP contribution is -2.74. The van der Waals surface area contributed by atoms with Gasteiger partial charge in [0.2, 0.25) is 0 Å². The number of aromatic nitrogens is 2. The van der Waals surface area contributed by atoms with Crippen molar-refractivity contribution in [3.05, 3.63) is 326 Å². The number of fused-ring (bicyclic) bond motifs is 9. The topological polar surface area (TPSA) is 9.86 Å². The van der Waals surface area contributed by atoms with Gasteiger partial charge in [-0.2, -0.15) is 0 Å². The van der Waals surface area contributed by atoms with E-state index in [2.05, 4.69) is 312 Å². The van der Waals surface area contributed by atoms with Crippen molar-refractivity contribution in [1.29, 1.82) is 0 Å². The van der Waals surface area contributed by atoms with Crippen molar-refractivity contribution in [1.82, 2.24) is 9.13 Å². The van der Waals surface area contributed by atoms with E-state index >= 15 is 0 Å². The molecule has 0 atom stereocenters. The summed E-state index contributed by atoms with van der Waals surface area (Å²) in [4.78, 5) is 0. The fourth-order valence-electron chi connectivity index (χ4n) is 13.4. The maximum atomic E-state index is 2.53. The Morgan fingerprint density at radius 1 is 0.276 bits per heavy atom. The second kappa shape index (κ2) is 17.6. The maximum absolute atomic E-state index is 2.81. The fourth-order valence-corrected chi connectivity index (χ4v) is 18.2. The largest absolute Gasteiger partial charge is 0.309 e. The number of hydrogen-bond donors (Lipinski definition) is 0. The normalized spacial score (nSPS) is 12.8. The van der Waals surface area contributed by atoms with Crippen LogP contribution in [0.15, 0.2) is 303 Å². The molecule has 1 aliphatic rings. The van der Waals surface area contributed by atoms with E-state index in [0.29, 0.717) is 0 Å². The van der Waals surface area contributed by atoms with Gasteiger partial charge in [-0.25, -0.2) is 0 Å². The zero-order valence-corrected chi connectivity index (χ0v) is 42.8. The Morgan fingerprint density at radius 2 is 0.750 bits per heavy atom. The first-order valence-corrected chi connectivity index (χ1v) is 28.4. The smallest absolute Gasteiger partial charge is 0.179 e. The molecular formula is C73H50N2Si. The van der Waals surface area contributed by atoms with E-state index in [-0.39, 0.29) is 0 Å². The zero-order valence-electron chi connectivity index (χ0n) is 41.8. The molecule has 0 radical (unpaired) electrons. The molecule has 12 aromatic carbocycles. The van der Waals surface area contributed by atoms with Crippen LogP contribution in [0.3, 0.4) is 0 Å². The maximum Gasteiger partial charge on any atom is 0.179 e. The molecule has 0 amide bonds. The molecule has 2 aromatic heterocycles. The summed E-state index contributed by atoms with van der Waals surface area (Å²) in [6, 6.07) is 113. The third kappa shape index (κ3) is 6.40. The van der Waals surface area contributed by atoms with Crippen molar-refractivity contribution < 1.29 is 0 Å². The summed E-state index contributed by atoms with van der Waals surface area (Å²) in [6.45, 7) is 0. The Bertz CT molecular complexity index is 4360. The van der Waals surface area contributed by atoms with Crippen molar-refractivity contribution >= 4 is 72.4 Å². The van der Waals surface area contributed by atoms with Crippen molar-refractivity contribution in [3.63, 3.8) is 0 Å². The van der Waals surface area contributed by atoms with Crippen LogP contribution < -0.4 is 20.7 Å². The molecule has 15 rings (SSSR count). The highest BCUT2D eigenvalue weighted by atomic mass is 28.3. The van der Waals surface area contributed by atoms with Gasteiger partial charge in [0.1, 0.15) is 0 Å². The van der Waals surface area contributed by atoms with Gasteiger partial charge in [0.15, 0.2) is 8.07 Å². The van der Waals surface area contributed by atoms with Gasteiger partial charge in [0.05, 0.1) is 33.2 Å². The Hall–Kier alpha value is -9.54. The molecule has 76 heavy (non-hydrogen) atoms. The summed E-state index contributed by atoms with van der Waals surface area (Å²) >= 11 is 0. The van der Waals surface area contributed by atoms with E-state index < -0.39 is 13.5 Å². The Kier molecular flexibility index (Phi) is 10.2. The van der Waals surface area contributed by atoms with Crippen LogP contribution in [0.2, 0.25) is 0 Å². The fraction of sp³-hybridized carbons (Fsp3) is 0.0137. The molecule has 0 aliphatic heterocycles. The van der Waals surface area contributed by atoms with Crippen LogP contribution in [0.25, 0.3) is 77.2 Å². The van der Waals surface area contributed by atoms with Gasteiger partial charge in [-0.15, -0.1) is 0 Å². The molecule has 0 fully saturated rings. The van der Waals surface area contributed by atoms with Crippen LogP contribution in [0.1, 0.15) is 22.3 Å². The molecule has 0 bridgehead atoms. The summed E-state index contributed by atoms with van der Waals surface area (Å²) in [6.07, 6.45) is 0. The third-order valence-corrected chi connectivity index (χ3v) is 21.3. The number of benzene rings is 12.